The summed E-state index contributed by atoms with van der Waals surface area (Å²) in [6, 6.07) is 6.30. The number of fused-ring (bicyclic) bond motifs is 1. The quantitative estimate of drug-likeness (QED) is 0.909. The molecule has 102 valence electrons. The molecule has 3 rings (SSSR count). The van der Waals surface area contributed by atoms with Crippen LogP contribution in [-0.4, -0.2) is 11.0 Å². The van der Waals surface area contributed by atoms with E-state index in [0.29, 0.717) is 5.58 Å². The van der Waals surface area contributed by atoms with Gasteiger partial charge in [0.05, 0.1) is 6.04 Å². The molecule has 1 aliphatic carbocycles. The van der Waals surface area contributed by atoms with E-state index in [9.17, 15) is 4.39 Å². The molecule has 2 aromatic rings. The Kier molecular flexibility index (Phi) is 3.80. The molecule has 0 amide bonds. The first kappa shape index (κ1) is 13.0. The second-order valence-electron chi connectivity index (χ2n) is 5.18. The molecule has 1 aromatic carbocycles. The first-order chi connectivity index (χ1) is 9.22. The molecule has 1 heterocycles. The van der Waals surface area contributed by atoms with E-state index < -0.39 is 0 Å². The lowest BCUT2D eigenvalue weighted by Gasteiger charge is -2.12. The Balaban J connectivity index is 1.68. The highest BCUT2D eigenvalue weighted by Gasteiger charge is 2.18. The van der Waals surface area contributed by atoms with Crippen molar-refractivity contribution in [1.29, 1.82) is 0 Å². The molecule has 1 aromatic heterocycles. The molecular formula is C15H18FNOS. The van der Waals surface area contributed by atoms with Crippen molar-refractivity contribution >= 4 is 22.7 Å². The number of nitrogens with two attached hydrogens (primary N) is 1. The highest BCUT2D eigenvalue weighted by Crippen LogP contribution is 2.32. The standard InChI is InChI=1S/C15H18FNOS/c16-11-5-6-14-10(7-11)8-15(18-14)13(17)9-19-12-3-1-2-4-12/h5-8,12-13H,1-4,9,17H2. The Morgan fingerprint density at radius 2 is 2.11 bits per heavy atom. The third-order valence-electron chi connectivity index (χ3n) is 3.68. The van der Waals surface area contributed by atoms with Crippen molar-refractivity contribution in [1.82, 2.24) is 0 Å². The number of hydrogen-bond donors (Lipinski definition) is 1. The van der Waals surface area contributed by atoms with Gasteiger partial charge in [-0.2, -0.15) is 11.8 Å². The first-order valence-electron chi connectivity index (χ1n) is 6.78. The van der Waals surface area contributed by atoms with Crippen LogP contribution in [0.5, 0.6) is 0 Å². The molecular weight excluding hydrogens is 261 g/mol. The smallest absolute Gasteiger partial charge is 0.134 e. The minimum atomic E-state index is -0.242. The second kappa shape index (κ2) is 5.55. The minimum absolute atomic E-state index is 0.110. The SMILES string of the molecule is NC(CSC1CCCC1)c1cc2cc(F)ccc2o1. The zero-order valence-corrected chi connectivity index (χ0v) is 11.6. The average molecular weight is 279 g/mol. The van der Waals surface area contributed by atoms with Crippen LogP contribution in [0.2, 0.25) is 0 Å². The largest absolute Gasteiger partial charge is 0.459 e. The van der Waals surface area contributed by atoms with E-state index in [1.165, 1.54) is 37.8 Å². The van der Waals surface area contributed by atoms with Crippen LogP contribution in [0.1, 0.15) is 37.5 Å². The predicted octanol–water partition coefficient (Wildman–Crippen LogP) is 4.25. The van der Waals surface area contributed by atoms with Crippen LogP contribution in [0, 0.1) is 5.82 Å². The normalized spacial score (nSPS) is 18.2. The molecule has 4 heteroatoms. The Morgan fingerprint density at radius 1 is 1.32 bits per heavy atom. The summed E-state index contributed by atoms with van der Waals surface area (Å²) in [5, 5.41) is 1.55. The number of rotatable bonds is 4. The predicted molar refractivity (Wildman–Crippen MR) is 77.8 cm³/mol. The molecule has 2 N–H and O–H groups in total. The molecule has 0 spiro atoms. The van der Waals surface area contributed by atoms with Crippen molar-refractivity contribution in [3.8, 4) is 0 Å². The molecule has 19 heavy (non-hydrogen) atoms. The van der Waals surface area contributed by atoms with Crippen LogP contribution in [-0.2, 0) is 0 Å². The fourth-order valence-electron chi connectivity index (χ4n) is 2.59. The highest BCUT2D eigenvalue weighted by atomic mass is 32.2. The van der Waals surface area contributed by atoms with E-state index in [2.05, 4.69) is 0 Å². The Bertz CT molecular complexity index is 562. The highest BCUT2D eigenvalue weighted by molar-refractivity contribution is 7.99. The van der Waals surface area contributed by atoms with Crippen molar-refractivity contribution in [2.24, 2.45) is 5.73 Å². The topological polar surface area (TPSA) is 39.2 Å². The minimum Gasteiger partial charge on any atom is -0.459 e. The van der Waals surface area contributed by atoms with Crippen LogP contribution in [0.3, 0.4) is 0 Å². The van der Waals surface area contributed by atoms with Crippen molar-refractivity contribution in [2.75, 3.05) is 5.75 Å². The Hall–Kier alpha value is -1.00. The molecule has 1 saturated carbocycles. The van der Waals surface area contributed by atoms with Crippen molar-refractivity contribution < 1.29 is 8.81 Å². The summed E-state index contributed by atoms with van der Waals surface area (Å²) < 4.78 is 18.8. The van der Waals surface area contributed by atoms with Crippen LogP contribution in [0.15, 0.2) is 28.7 Å². The Labute approximate surface area is 116 Å². The maximum atomic E-state index is 13.1. The van der Waals surface area contributed by atoms with Gasteiger partial charge < -0.3 is 10.2 Å². The summed E-state index contributed by atoms with van der Waals surface area (Å²) in [4.78, 5) is 0. The third-order valence-corrected chi connectivity index (χ3v) is 5.17. The third kappa shape index (κ3) is 2.95. The van der Waals surface area contributed by atoms with Gasteiger partial charge in [-0.1, -0.05) is 12.8 Å². The van der Waals surface area contributed by atoms with Crippen LogP contribution in [0.25, 0.3) is 11.0 Å². The maximum Gasteiger partial charge on any atom is 0.134 e. The molecule has 0 aliphatic heterocycles. The van der Waals surface area contributed by atoms with Gasteiger partial charge in [0.2, 0.25) is 0 Å². The fourth-order valence-corrected chi connectivity index (χ4v) is 3.90. The maximum absolute atomic E-state index is 13.1. The average Bonchev–Trinajstić information content (AvgIpc) is 3.04. The van der Waals surface area contributed by atoms with Crippen LogP contribution < -0.4 is 5.73 Å². The zero-order valence-electron chi connectivity index (χ0n) is 10.8. The zero-order chi connectivity index (χ0) is 13.2. The Morgan fingerprint density at radius 3 is 2.89 bits per heavy atom. The van der Waals surface area contributed by atoms with E-state index >= 15 is 0 Å². The molecule has 0 bridgehead atoms. The molecule has 1 atom stereocenters. The van der Waals surface area contributed by atoms with Gasteiger partial charge in [0.15, 0.2) is 0 Å². The number of benzene rings is 1. The fraction of sp³-hybridized carbons (Fsp3) is 0.467. The van der Waals surface area contributed by atoms with Crippen molar-refractivity contribution in [2.45, 2.75) is 37.0 Å². The van der Waals surface area contributed by atoms with Gasteiger partial charge in [0, 0.05) is 16.4 Å². The summed E-state index contributed by atoms with van der Waals surface area (Å²) in [5.41, 5.74) is 6.87. The number of hydrogen-bond acceptors (Lipinski definition) is 3. The summed E-state index contributed by atoms with van der Waals surface area (Å²) in [6.07, 6.45) is 5.30. The number of thioether (sulfide) groups is 1. The van der Waals surface area contributed by atoms with Crippen LogP contribution in [0.4, 0.5) is 4.39 Å². The van der Waals surface area contributed by atoms with E-state index in [-0.39, 0.29) is 11.9 Å². The number of halogens is 1. The van der Waals surface area contributed by atoms with E-state index in [1.54, 1.807) is 6.07 Å². The summed E-state index contributed by atoms with van der Waals surface area (Å²) in [5.74, 6) is 1.38. The van der Waals surface area contributed by atoms with Gasteiger partial charge >= 0.3 is 0 Å². The monoisotopic (exact) mass is 279 g/mol. The van der Waals surface area contributed by atoms with E-state index in [1.807, 2.05) is 17.8 Å². The molecule has 0 radical (unpaired) electrons. The van der Waals surface area contributed by atoms with E-state index in [0.717, 1.165) is 22.1 Å². The van der Waals surface area contributed by atoms with E-state index in [4.69, 9.17) is 10.2 Å². The lowest BCUT2D eigenvalue weighted by molar-refractivity contribution is 0.515. The molecule has 0 saturated heterocycles. The van der Waals surface area contributed by atoms with Gasteiger partial charge in [-0.15, -0.1) is 0 Å². The van der Waals surface area contributed by atoms with Gasteiger partial charge in [-0.3, -0.25) is 0 Å². The molecule has 1 unspecified atom stereocenters. The number of furan rings is 1. The van der Waals surface area contributed by atoms with Crippen molar-refractivity contribution in [3.63, 3.8) is 0 Å². The lowest BCUT2D eigenvalue weighted by Crippen LogP contribution is -2.13. The lowest BCUT2D eigenvalue weighted by atomic mass is 10.2. The van der Waals surface area contributed by atoms with Crippen LogP contribution >= 0.6 is 11.8 Å². The van der Waals surface area contributed by atoms with Gasteiger partial charge in [-0.25, -0.2) is 4.39 Å². The second-order valence-corrected chi connectivity index (χ2v) is 6.51. The summed E-state index contributed by atoms with van der Waals surface area (Å²) in [7, 11) is 0. The van der Waals surface area contributed by atoms with Crippen molar-refractivity contribution in [3.05, 3.63) is 35.8 Å². The molecule has 1 fully saturated rings. The van der Waals surface area contributed by atoms with Gasteiger partial charge in [0.1, 0.15) is 17.2 Å². The summed E-state index contributed by atoms with van der Waals surface area (Å²) >= 11 is 1.94. The molecule has 1 aliphatic rings. The summed E-state index contributed by atoms with van der Waals surface area (Å²) in [6.45, 7) is 0. The first-order valence-corrected chi connectivity index (χ1v) is 7.83. The van der Waals surface area contributed by atoms with Gasteiger partial charge in [-0.05, 0) is 37.1 Å². The van der Waals surface area contributed by atoms with Gasteiger partial charge in [0.25, 0.3) is 0 Å². The molecule has 2 nitrogen and oxygen atoms in total.